The van der Waals surface area contributed by atoms with E-state index in [0.29, 0.717) is 11.3 Å². The molecule has 1 aliphatic rings. The zero-order chi connectivity index (χ0) is 13.4. The molecule has 1 aromatic heterocycles. The van der Waals surface area contributed by atoms with Crippen LogP contribution in [0.4, 0.5) is 5.69 Å². The van der Waals surface area contributed by atoms with Crippen LogP contribution in [0.1, 0.15) is 33.3 Å². The molecule has 1 aliphatic heterocycles. The van der Waals surface area contributed by atoms with E-state index in [9.17, 15) is 9.59 Å². The maximum atomic E-state index is 12.3. The monoisotopic (exact) mass is 252 g/mol. The van der Waals surface area contributed by atoms with Crippen LogP contribution in [0, 0.1) is 0 Å². The van der Waals surface area contributed by atoms with Crippen LogP contribution in [0.25, 0.3) is 0 Å². The fraction of sp³-hybridized carbons (Fsp3) is 0.133. The Morgan fingerprint density at radius 1 is 1.05 bits per heavy atom. The molecule has 2 amide bonds. The molecule has 0 spiro atoms. The van der Waals surface area contributed by atoms with Gasteiger partial charge in [0.1, 0.15) is 5.69 Å². The molecule has 0 aliphatic carbocycles. The molecule has 0 saturated heterocycles. The molecule has 0 atom stereocenters. The fourth-order valence-corrected chi connectivity index (χ4v) is 2.31. The third-order valence-corrected chi connectivity index (χ3v) is 3.26. The lowest BCUT2D eigenvalue weighted by molar-refractivity contribution is 0.0924. The minimum Gasteiger partial charge on any atom is -0.268 e. The predicted octanol–water partition coefficient (Wildman–Crippen LogP) is 2.44. The van der Waals surface area contributed by atoms with Gasteiger partial charge in [-0.2, -0.15) is 0 Å². The highest BCUT2D eigenvalue weighted by Gasteiger charge is 2.38. The van der Waals surface area contributed by atoms with E-state index in [1.54, 1.807) is 18.2 Å². The van der Waals surface area contributed by atoms with Crippen molar-refractivity contribution in [3.8, 4) is 0 Å². The van der Waals surface area contributed by atoms with E-state index in [1.807, 2.05) is 25.1 Å². The Morgan fingerprint density at radius 3 is 2.58 bits per heavy atom. The normalized spacial score (nSPS) is 13.8. The summed E-state index contributed by atoms with van der Waals surface area (Å²) >= 11 is 0. The van der Waals surface area contributed by atoms with Gasteiger partial charge in [0.2, 0.25) is 0 Å². The highest BCUT2D eigenvalue weighted by Crippen LogP contribution is 2.29. The number of aryl methyl sites for hydroxylation is 1. The van der Waals surface area contributed by atoms with Gasteiger partial charge in [-0.05, 0) is 30.2 Å². The molecule has 0 bridgehead atoms. The lowest BCUT2D eigenvalue weighted by Crippen LogP contribution is -2.30. The number of fused-ring (bicyclic) bond motifs is 1. The molecule has 0 fully saturated rings. The van der Waals surface area contributed by atoms with E-state index in [-0.39, 0.29) is 17.5 Å². The van der Waals surface area contributed by atoms with Crippen molar-refractivity contribution in [1.82, 2.24) is 4.98 Å². The first-order valence-corrected chi connectivity index (χ1v) is 6.15. The van der Waals surface area contributed by atoms with Gasteiger partial charge in [-0.1, -0.05) is 25.1 Å². The van der Waals surface area contributed by atoms with Crippen LogP contribution in [0.2, 0.25) is 0 Å². The second kappa shape index (κ2) is 4.31. The summed E-state index contributed by atoms with van der Waals surface area (Å²) in [6, 6.07) is 10.7. The second-order valence-corrected chi connectivity index (χ2v) is 4.33. The zero-order valence-corrected chi connectivity index (χ0v) is 10.5. The highest BCUT2D eigenvalue weighted by molar-refractivity contribution is 6.33. The first-order chi connectivity index (χ1) is 9.24. The summed E-state index contributed by atoms with van der Waals surface area (Å²) in [5, 5.41) is 0. The van der Waals surface area contributed by atoms with Gasteiger partial charge in [0.15, 0.2) is 0 Å². The molecule has 4 heteroatoms. The predicted molar refractivity (Wildman–Crippen MR) is 71.2 cm³/mol. The molecule has 0 unspecified atom stereocenters. The molecule has 4 nitrogen and oxygen atoms in total. The van der Waals surface area contributed by atoms with Crippen LogP contribution in [0.3, 0.4) is 0 Å². The lowest BCUT2D eigenvalue weighted by Gasteiger charge is -2.17. The van der Waals surface area contributed by atoms with Gasteiger partial charge in [0, 0.05) is 6.20 Å². The van der Waals surface area contributed by atoms with E-state index in [2.05, 4.69) is 4.98 Å². The summed E-state index contributed by atoms with van der Waals surface area (Å²) < 4.78 is 0. The second-order valence-electron chi connectivity index (χ2n) is 4.33. The Bertz CT molecular complexity index is 644. The Balaban J connectivity index is 2.14. The van der Waals surface area contributed by atoms with Crippen LogP contribution >= 0.6 is 0 Å². The molecule has 0 N–H and O–H groups in total. The van der Waals surface area contributed by atoms with Gasteiger partial charge in [0.25, 0.3) is 11.8 Å². The van der Waals surface area contributed by atoms with Crippen molar-refractivity contribution in [2.45, 2.75) is 13.3 Å². The molecule has 2 aromatic rings. The third kappa shape index (κ3) is 1.64. The highest BCUT2D eigenvalue weighted by atomic mass is 16.2. The standard InChI is InChI=1S/C15H12N2O2/c1-2-10-6-3-4-8-12(10)17-14(18)11-7-5-9-16-13(11)15(17)19/h3-9H,2H2,1H3. The van der Waals surface area contributed by atoms with Crippen LogP contribution < -0.4 is 4.90 Å². The van der Waals surface area contributed by atoms with Gasteiger partial charge < -0.3 is 0 Å². The number of carbonyl (C=O) groups excluding carboxylic acids is 2. The number of aromatic nitrogens is 1. The Morgan fingerprint density at radius 2 is 1.84 bits per heavy atom. The van der Waals surface area contributed by atoms with Crippen molar-refractivity contribution in [3.05, 3.63) is 59.4 Å². The SMILES string of the molecule is CCc1ccccc1N1C(=O)c2cccnc2C1=O. The maximum absolute atomic E-state index is 12.3. The van der Waals surface area contributed by atoms with Crippen LogP contribution in [-0.4, -0.2) is 16.8 Å². The number of carbonyl (C=O) groups is 2. The molecule has 0 saturated carbocycles. The van der Waals surface area contributed by atoms with Gasteiger partial charge >= 0.3 is 0 Å². The molecule has 94 valence electrons. The van der Waals surface area contributed by atoms with Gasteiger partial charge in [-0.25, -0.2) is 4.90 Å². The van der Waals surface area contributed by atoms with Crippen molar-refractivity contribution in [2.24, 2.45) is 0 Å². The molecule has 3 rings (SSSR count). The topological polar surface area (TPSA) is 50.3 Å². The minimum atomic E-state index is -0.346. The van der Waals surface area contributed by atoms with E-state index >= 15 is 0 Å². The number of anilines is 1. The largest absolute Gasteiger partial charge is 0.284 e. The van der Waals surface area contributed by atoms with Gasteiger partial charge in [-0.15, -0.1) is 0 Å². The summed E-state index contributed by atoms with van der Waals surface area (Å²) in [6.07, 6.45) is 2.29. The molecule has 0 radical (unpaired) electrons. The summed E-state index contributed by atoms with van der Waals surface area (Å²) in [5.41, 5.74) is 2.23. The smallest absolute Gasteiger partial charge is 0.268 e. The quantitative estimate of drug-likeness (QED) is 0.771. The average Bonchev–Trinajstić information content (AvgIpc) is 2.71. The molecular weight excluding hydrogens is 240 g/mol. The summed E-state index contributed by atoms with van der Waals surface area (Å²) in [5.74, 6) is -0.643. The van der Waals surface area contributed by atoms with Crippen molar-refractivity contribution in [3.63, 3.8) is 0 Å². The average molecular weight is 252 g/mol. The first-order valence-electron chi connectivity index (χ1n) is 6.15. The Hall–Kier alpha value is -2.49. The number of amides is 2. The number of imide groups is 1. The summed E-state index contributed by atoms with van der Waals surface area (Å²) in [4.78, 5) is 29.9. The Kier molecular flexibility index (Phi) is 2.63. The zero-order valence-electron chi connectivity index (χ0n) is 10.5. The van der Waals surface area contributed by atoms with Crippen molar-refractivity contribution < 1.29 is 9.59 Å². The lowest BCUT2D eigenvalue weighted by atomic mass is 10.1. The van der Waals surface area contributed by atoms with Crippen LogP contribution in [0.5, 0.6) is 0 Å². The fourth-order valence-electron chi connectivity index (χ4n) is 2.31. The summed E-state index contributed by atoms with van der Waals surface area (Å²) in [7, 11) is 0. The van der Waals surface area contributed by atoms with Crippen LogP contribution in [0.15, 0.2) is 42.6 Å². The van der Waals surface area contributed by atoms with Crippen molar-refractivity contribution in [1.29, 1.82) is 0 Å². The molecular formula is C15H12N2O2. The van der Waals surface area contributed by atoms with E-state index < -0.39 is 0 Å². The third-order valence-electron chi connectivity index (χ3n) is 3.26. The van der Waals surface area contributed by atoms with E-state index in [4.69, 9.17) is 0 Å². The number of benzene rings is 1. The van der Waals surface area contributed by atoms with Crippen LogP contribution in [-0.2, 0) is 6.42 Å². The number of nitrogens with zero attached hydrogens (tertiary/aromatic N) is 2. The summed E-state index contributed by atoms with van der Waals surface area (Å²) in [6.45, 7) is 2.00. The molecule has 19 heavy (non-hydrogen) atoms. The number of hydrogen-bond donors (Lipinski definition) is 0. The van der Waals surface area contributed by atoms with Gasteiger partial charge in [0.05, 0.1) is 11.3 Å². The van der Waals surface area contributed by atoms with E-state index in [0.717, 1.165) is 12.0 Å². The number of hydrogen-bond acceptors (Lipinski definition) is 3. The van der Waals surface area contributed by atoms with E-state index in [1.165, 1.54) is 11.1 Å². The first kappa shape index (κ1) is 11.6. The molecule has 1 aromatic carbocycles. The molecule has 2 heterocycles. The van der Waals surface area contributed by atoms with Crippen molar-refractivity contribution in [2.75, 3.05) is 4.90 Å². The Labute approximate surface area is 110 Å². The van der Waals surface area contributed by atoms with Gasteiger partial charge in [-0.3, -0.25) is 14.6 Å². The number of pyridine rings is 1. The maximum Gasteiger partial charge on any atom is 0.284 e. The number of rotatable bonds is 2. The minimum absolute atomic E-state index is 0.235. The van der Waals surface area contributed by atoms with Crippen molar-refractivity contribution >= 4 is 17.5 Å². The number of para-hydroxylation sites is 1.